The van der Waals surface area contributed by atoms with E-state index in [-0.39, 0.29) is 36.3 Å². The molecule has 0 saturated heterocycles. The molecule has 0 radical (unpaired) electrons. The minimum absolute atomic E-state index is 0.0119. The third-order valence-corrected chi connectivity index (χ3v) is 6.06. The van der Waals surface area contributed by atoms with Crippen molar-refractivity contribution in [2.75, 3.05) is 5.73 Å². The Labute approximate surface area is 158 Å². The minimum Gasteiger partial charge on any atom is -0.407 e. The Balaban J connectivity index is 1.32. The molecule has 10 heteroatoms. The third-order valence-electron chi connectivity index (χ3n) is 5.38. The highest BCUT2D eigenvalue weighted by Gasteiger charge is 2.55. The SMILES string of the molecule is Nc1nnc(CN[C@@H]2C[C@@H]2C2CC(NC(=O)c3ccsc3)CCC2(F)F)o1. The van der Waals surface area contributed by atoms with Gasteiger partial charge in [0.15, 0.2) is 0 Å². The van der Waals surface area contributed by atoms with Gasteiger partial charge in [-0.3, -0.25) is 4.79 Å². The number of nitrogens with zero attached hydrogens (tertiary/aromatic N) is 2. The molecule has 4 atom stereocenters. The van der Waals surface area contributed by atoms with Crippen LogP contribution in [0.15, 0.2) is 21.2 Å². The lowest BCUT2D eigenvalue weighted by Gasteiger charge is -2.36. The van der Waals surface area contributed by atoms with Gasteiger partial charge in [0.1, 0.15) is 0 Å². The first kappa shape index (κ1) is 18.3. The van der Waals surface area contributed by atoms with Crippen LogP contribution in [0.1, 0.15) is 41.9 Å². The average molecular weight is 397 g/mol. The molecule has 4 N–H and O–H groups in total. The maximum Gasteiger partial charge on any atom is 0.312 e. The summed E-state index contributed by atoms with van der Waals surface area (Å²) in [6.07, 6.45) is 1.06. The predicted molar refractivity (Wildman–Crippen MR) is 95.3 cm³/mol. The molecule has 7 nitrogen and oxygen atoms in total. The largest absolute Gasteiger partial charge is 0.407 e. The van der Waals surface area contributed by atoms with Gasteiger partial charge in [-0.2, -0.15) is 11.3 Å². The molecule has 1 amide bonds. The van der Waals surface area contributed by atoms with E-state index in [1.54, 1.807) is 11.4 Å². The molecule has 2 saturated carbocycles. The number of alkyl halides is 2. The lowest BCUT2D eigenvalue weighted by atomic mass is 9.79. The zero-order chi connectivity index (χ0) is 19.0. The second-order valence-electron chi connectivity index (χ2n) is 7.25. The van der Waals surface area contributed by atoms with Crippen LogP contribution in [0, 0.1) is 11.8 Å². The monoisotopic (exact) mass is 397 g/mol. The first-order valence-electron chi connectivity index (χ1n) is 8.94. The van der Waals surface area contributed by atoms with E-state index in [1.807, 2.05) is 5.38 Å². The van der Waals surface area contributed by atoms with Gasteiger partial charge in [-0.1, -0.05) is 5.10 Å². The smallest absolute Gasteiger partial charge is 0.312 e. The number of aromatic nitrogens is 2. The van der Waals surface area contributed by atoms with Gasteiger partial charge in [0.25, 0.3) is 11.8 Å². The number of hydrogen-bond donors (Lipinski definition) is 3. The van der Waals surface area contributed by atoms with Gasteiger partial charge < -0.3 is 20.8 Å². The molecule has 27 heavy (non-hydrogen) atoms. The quantitative estimate of drug-likeness (QED) is 0.691. The van der Waals surface area contributed by atoms with E-state index in [2.05, 4.69) is 20.8 Å². The Bertz CT molecular complexity index is 797. The number of nitrogens with two attached hydrogens (primary N) is 1. The second-order valence-corrected chi connectivity index (χ2v) is 8.03. The number of anilines is 1. The Morgan fingerprint density at radius 2 is 2.26 bits per heavy atom. The van der Waals surface area contributed by atoms with Crippen molar-refractivity contribution >= 4 is 23.3 Å². The summed E-state index contributed by atoms with van der Waals surface area (Å²) in [5, 5.41) is 17.0. The number of nitrogens with one attached hydrogen (secondary N) is 2. The minimum atomic E-state index is -2.71. The summed E-state index contributed by atoms with van der Waals surface area (Å²) in [5.41, 5.74) is 5.95. The number of amides is 1. The van der Waals surface area contributed by atoms with Crippen LogP contribution in [0.4, 0.5) is 14.8 Å². The Morgan fingerprint density at radius 3 is 2.96 bits per heavy atom. The molecule has 146 valence electrons. The number of nitrogen functional groups attached to an aromatic ring is 1. The molecule has 2 aliphatic carbocycles. The molecule has 2 unspecified atom stereocenters. The van der Waals surface area contributed by atoms with Crippen molar-refractivity contribution < 1.29 is 18.0 Å². The predicted octanol–water partition coefficient (Wildman–Crippen LogP) is 2.43. The summed E-state index contributed by atoms with van der Waals surface area (Å²) in [5.74, 6) is -3.43. The fourth-order valence-corrected chi connectivity index (χ4v) is 4.52. The summed E-state index contributed by atoms with van der Waals surface area (Å²) in [7, 11) is 0. The van der Waals surface area contributed by atoms with E-state index in [4.69, 9.17) is 10.2 Å². The number of carbonyl (C=O) groups excluding carboxylic acids is 1. The van der Waals surface area contributed by atoms with E-state index in [0.717, 1.165) is 0 Å². The normalized spacial score (nSPS) is 29.4. The lowest BCUT2D eigenvalue weighted by Crippen LogP contribution is -2.46. The summed E-state index contributed by atoms with van der Waals surface area (Å²) in [6.45, 7) is 0.308. The van der Waals surface area contributed by atoms with Crippen LogP contribution in [0.3, 0.4) is 0 Å². The maximum atomic E-state index is 14.5. The Kier molecular flexibility index (Phi) is 4.85. The summed E-state index contributed by atoms with van der Waals surface area (Å²) < 4.78 is 34.1. The average Bonchev–Trinajstić information content (AvgIpc) is 3.00. The molecule has 2 heterocycles. The molecule has 0 aromatic carbocycles. The first-order valence-corrected chi connectivity index (χ1v) is 9.89. The fraction of sp³-hybridized carbons (Fsp3) is 0.588. The highest BCUT2D eigenvalue weighted by molar-refractivity contribution is 7.08. The number of carbonyl (C=O) groups is 1. The van der Waals surface area contributed by atoms with Gasteiger partial charge in [0.2, 0.25) is 5.89 Å². The lowest BCUT2D eigenvalue weighted by molar-refractivity contribution is -0.100. The van der Waals surface area contributed by atoms with Gasteiger partial charge >= 0.3 is 6.01 Å². The van der Waals surface area contributed by atoms with Gasteiger partial charge in [-0.15, -0.1) is 5.10 Å². The molecule has 2 fully saturated rings. The zero-order valence-corrected chi connectivity index (χ0v) is 15.3. The number of hydrogen-bond acceptors (Lipinski definition) is 7. The first-order chi connectivity index (χ1) is 12.9. The molecule has 0 aliphatic heterocycles. The molecule has 4 rings (SSSR count). The molecular weight excluding hydrogens is 376 g/mol. The van der Waals surface area contributed by atoms with Crippen LogP contribution < -0.4 is 16.4 Å². The van der Waals surface area contributed by atoms with Crippen molar-refractivity contribution in [1.29, 1.82) is 0 Å². The van der Waals surface area contributed by atoms with Crippen molar-refractivity contribution in [2.45, 2.75) is 50.2 Å². The van der Waals surface area contributed by atoms with E-state index < -0.39 is 11.8 Å². The van der Waals surface area contributed by atoms with Crippen molar-refractivity contribution in [2.24, 2.45) is 11.8 Å². The second kappa shape index (κ2) is 7.16. The molecular formula is C17H21F2N5O2S. The zero-order valence-electron chi connectivity index (χ0n) is 14.5. The molecule has 2 aromatic rings. The van der Waals surface area contributed by atoms with Crippen LogP contribution in [0.25, 0.3) is 0 Å². The van der Waals surface area contributed by atoms with Crippen molar-refractivity contribution in [3.8, 4) is 0 Å². The summed E-state index contributed by atoms with van der Waals surface area (Å²) in [4.78, 5) is 12.2. The topological polar surface area (TPSA) is 106 Å². The molecule has 0 bridgehead atoms. The highest BCUT2D eigenvalue weighted by Crippen LogP contribution is 2.51. The number of rotatable bonds is 6. The van der Waals surface area contributed by atoms with Crippen molar-refractivity contribution in [3.63, 3.8) is 0 Å². The summed E-state index contributed by atoms with van der Waals surface area (Å²) in [6, 6.07) is 1.49. The number of thiophene rings is 1. The molecule has 2 aliphatic rings. The highest BCUT2D eigenvalue weighted by atomic mass is 32.1. The molecule has 2 aromatic heterocycles. The fourth-order valence-electron chi connectivity index (χ4n) is 3.88. The Morgan fingerprint density at radius 1 is 1.41 bits per heavy atom. The van der Waals surface area contributed by atoms with E-state index in [0.29, 0.717) is 37.3 Å². The van der Waals surface area contributed by atoms with Gasteiger partial charge in [0, 0.05) is 35.4 Å². The van der Waals surface area contributed by atoms with Gasteiger partial charge in [-0.25, -0.2) is 8.78 Å². The van der Waals surface area contributed by atoms with Gasteiger partial charge in [-0.05, 0) is 36.6 Å². The van der Waals surface area contributed by atoms with Gasteiger partial charge in [0.05, 0.1) is 6.54 Å². The number of halogens is 2. The third kappa shape index (κ3) is 4.11. The van der Waals surface area contributed by atoms with E-state index >= 15 is 0 Å². The van der Waals surface area contributed by atoms with E-state index in [9.17, 15) is 13.6 Å². The van der Waals surface area contributed by atoms with Crippen LogP contribution in [0.2, 0.25) is 0 Å². The molecule has 0 spiro atoms. The van der Waals surface area contributed by atoms with Crippen LogP contribution >= 0.6 is 11.3 Å². The Hall–Kier alpha value is -2.07. The summed E-state index contributed by atoms with van der Waals surface area (Å²) >= 11 is 1.44. The van der Waals surface area contributed by atoms with E-state index in [1.165, 1.54) is 11.3 Å². The van der Waals surface area contributed by atoms with Crippen molar-refractivity contribution in [3.05, 3.63) is 28.3 Å². The van der Waals surface area contributed by atoms with Crippen LogP contribution in [-0.4, -0.2) is 34.1 Å². The van der Waals surface area contributed by atoms with Crippen LogP contribution in [-0.2, 0) is 6.54 Å². The maximum absolute atomic E-state index is 14.5. The van der Waals surface area contributed by atoms with Crippen molar-refractivity contribution in [1.82, 2.24) is 20.8 Å². The standard InChI is InChI=1S/C17H21F2N5O2S/c18-17(19)3-1-10(22-15(25)9-2-4-27-8-9)5-12(17)11-6-13(11)21-7-14-23-24-16(20)26-14/h2,4,8,10-13,21H,1,3,5-7H2,(H2,20,24)(H,22,25)/t10?,11-,12?,13-/m1/s1. The van der Waals surface area contributed by atoms with Crippen LogP contribution in [0.5, 0.6) is 0 Å².